The molecule has 0 unspecified atom stereocenters. The molecule has 0 aliphatic carbocycles. The van der Waals surface area contributed by atoms with Gasteiger partial charge in [0.1, 0.15) is 0 Å². The molecule has 4 amide bonds. The van der Waals surface area contributed by atoms with E-state index in [1.807, 2.05) is 12.1 Å². The predicted octanol–water partition coefficient (Wildman–Crippen LogP) is 0.761. The van der Waals surface area contributed by atoms with Crippen LogP contribution >= 0.6 is 0 Å². The number of hydrogen-bond acceptors (Lipinski definition) is 5. The molecule has 0 atom stereocenters. The molecule has 2 aromatic rings. The van der Waals surface area contributed by atoms with E-state index in [2.05, 4.69) is 20.9 Å². The van der Waals surface area contributed by atoms with Crippen molar-refractivity contribution in [3.8, 4) is 0 Å². The smallest absolute Gasteiger partial charge is 0.251 e. The highest BCUT2D eigenvalue weighted by Gasteiger charge is 2.21. The van der Waals surface area contributed by atoms with Crippen molar-refractivity contribution in [2.75, 3.05) is 24.5 Å². The van der Waals surface area contributed by atoms with Gasteiger partial charge in [-0.2, -0.15) is 0 Å². The molecule has 1 aromatic carbocycles. The second-order valence-corrected chi connectivity index (χ2v) is 7.11. The van der Waals surface area contributed by atoms with E-state index >= 15 is 0 Å². The van der Waals surface area contributed by atoms with Crippen molar-refractivity contribution in [3.63, 3.8) is 0 Å². The quantitative estimate of drug-likeness (QED) is 0.550. The largest absolute Gasteiger partial charge is 0.354 e. The topological polar surface area (TPSA) is 121 Å². The summed E-state index contributed by atoms with van der Waals surface area (Å²) in [6.45, 7) is 1.07. The average molecular weight is 423 g/mol. The van der Waals surface area contributed by atoms with Gasteiger partial charge in [-0.05, 0) is 48.4 Å². The standard InChI is InChI=1S/C22H25N5O4/c28-19(25-14-16-7-10-23-11-8-16)9-12-24-20(29)15-26-22(31)17-3-5-18(6-4-17)27-13-1-2-21(27)30/h3-8,10-11H,1-2,9,12-15H2,(H,24,29)(H,25,28)(H,26,31). The summed E-state index contributed by atoms with van der Waals surface area (Å²) in [6, 6.07) is 10.3. The molecule has 0 radical (unpaired) electrons. The van der Waals surface area contributed by atoms with Crippen LogP contribution in [0.15, 0.2) is 48.8 Å². The van der Waals surface area contributed by atoms with Crippen LogP contribution in [-0.4, -0.2) is 48.2 Å². The zero-order chi connectivity index (χ0) is 22.1. The number of aromatic nitrogens is 1. The number of nitrogens with zero attached hydrogens (tertiary/aromatic N) is 2. The first-order valence-corrected chi connectivity index (χ1v) is 10.1. The Morgan fingerprint density at radius 1 is 0.935 bits per heavy atom. The van der Waals surface area contributed by atoms with Crippen LogP contribution in [0.1, 0.15) is 35.2 Å². The Labute approximate surface area is 180 Å². The summed E-state index contributed by atoms with van der Waals surface area (Å²) in [5.41, 5.74) is 2.10. The highest BCUT2D eigenvalue weighted by molar-refractivity contribution is 5.98. The molecule has 2 heterocycles. The molecule has 1 aliphatic heterocycles. The van der Waals surface area contributed by atoms with Crippen LogP contribution < -0.4 is 20.9 Å². The highest BCUT2D eigenvalue weighted by Crippen LogP contribution is 2.21. The number of carbonyl (C=O) groups is 4. The number of pyridine rings is 1. The third-order valence-electron chi connectivity index (χ3n) is 4.84. The lowest BCUT2D eigenvalue weighted by Gasteiger charge is -2.15. The molecule has 1 saturated heterocycles. The number of anilines is 1. The molecule has 9 nitrogen and oxygen atoms in total. The van der Waals surface area contributed by atoms with Gasteiger partial charge in [-0.25, -0.2) is 0 Å². The van der Waals surface area contributed by atoms with Crippen molar-refractivity contribution in [3.05, 3.63) is 59.9 Å². The number of benzene rings is 1. The van der Waals surface area contributed by atoms with E-state index in [0.717, 1.165) is 17.7 Å². The van der Waals surface area contributed by atoms with Gasteiger partial charge in [0.25, 0.3) is 5.91 Å². The van der Waals surface area contributed by atoms with Crippen LogP contribution in [0.2, 0.25) is 0 Å². The SMILES string of the molecule is O=C(CCNC(=O)CNC(=O)c1ccc(N2CCCC2=O)cc1)NCc1ccncc1. The van der Waals surface area contributed by atoms with Gasteiger partial charge in [0.15, 0.2) is 0 Å². The normalized spacial score (nSPS) is 13.0. The van der Waals surface area contributed by atoms with Crippen LogP contribution in [0.5, 0.6) is 0 Å². The maximum absolute atomic E-state index is 12.2. The van der Waals surface area contributed by atoms with Crippen molar-refractivity contribution in [2.24, 2.45) is 0 Å². The zero-order valence-electron chi connectivity index (χ0n) is 17.1. The fourth-order valence-corrected chi connectivity index (χ4v) is 3.14. The number of nitrogens with one attached hydrogen (secondary N) is 3. The summed E-state index contributed by atoms with van der Waals surface area (Å²) < 4.78 is 0. The van der Waals surface area contributed by atoms with Gasteiger partial charge < -0.3 is 20.9 Å². The monoisotopic (exact) mass is 423 g/mol. The van der Waals surface area contributed by atoms with Gasteiger partial charge in [-0.1, -0.05) is 0 Å². The van der Waals surface area contributed by atoms with E-state index in [0.29, 0.717) is 25.1 Å². The molecule has 9 heteroatoms. The van der Waals surface area contributed by atoms with Crippen molar-refractivity contribution in [2.45, 2.75) is 25.8 Å². The first kappa shape index (κ1) is 21.9. The Morgan fingerprint density at radius 2 is 1.68 bits per heavy atom. The maximum Gasteiger partial charge on any atom is 0.251 e. The summed E-state index contributed by atoms with van der Waals surface area (Å²) in [7, 11) is 0. The van der Waals surface area contributed by atoms with E-state index < -0.39 is 0 Å². The summed E-state index contributed by atoms with van der Waals surface area (Å²) in [6.07, 6.45) is 4.82. The molecule has 1 fully saturated rings. The van der Waals surface area contributed by atoms with Gasteiger partial charge in [-0.15, -0.1) is 0 Å². The molecule has 1 aromatic heterocycles. The lowest BCUT2D eigenvalue weighted by Crippen LogP contribution is -2.38. The fraction of sp³-hybridized carbons (Fsp3) is 0.318. The Hall–Kier alpha value is -3.75. The van der Waals surface area contributed by atoms with Crippen LogP contribution in [0, 0.1) is 0 Å². The minimum absolute atomic E-state index is 0.0833. The maximum atomic E-state index is 12.2. The van der Waals surface area contributed by atoms with E-state index in [1.165, 1.54) is 0 Å². The molecular weight excluding hydrogens is 398 g/mol. The second-order valence-electron chi connectivity index (χ2n) is 7.11. The molecule has 1 aliphatic rings. The van der Waals surface area contributed by atoms with Crippen molar-refractivity contribution < 1.29 is 19.2 Å². The molecule has 162 valence electrons. The van der Waals surface area contributed by atoms with Gasteiger partial charge in [0.2, 0.25) is 17.7 Å². The van der Waals surface area contributed by atoms with Crippen LogP contribution in [0.3, 0.4) is 0 Å². The Morgan fingerprint density at radius 3 is 2.35 bits per heavy atom. The average Bonchev–Trinajstić information content (AvgIpc) is 3.22. The Bertz CT molecular complexity index is 931. The molecule has 0 bridgehead atoms. The molecule has 3 rings (SSSR count). The minimum Gasteiger partial charge on any atom is -0.354 e. The Balaban J connectivity index is 1.33. The lowest BCUT2D eigenvalue weighted by molar-refractivity contribution is -0.122. The Kier molecular flexibility index (Phi) is 7.69. The third kappa shape index (κ3) is 6.63. The third-order valence-corrected chi connectivity index (χ3v) is 4.84. The van der Waals surface area contributed by atoms with Crippen molar-refractivity contribution in [1.82, 2.24) is 20.9 Å². The zero-order valence-corrected chi connectivity index (χ0v) is 17.1. The molecule has 0 saturated carbocycles. The van der Waals surface area contributed by atoms with Crippen molar-refractivity contribution >= 4 is 29.3 Å². The highest BCUT2D eigenvalue weighted by atomic mass is 16.2. The lowest BCUT2D eigenvalue weighted by atomic mass is 10.2. The number of carbonyl (C=O) groups excluding carboxylic acids is 4. The van der Waals surface area contributed by atoms with Crippen LogP contribution in [0.4, 0.5) is 5.69 Å². The summed E-state index contributed by atoms with van der Waals surface area (Å²) in [5, 5.41) is 7.90. The van der Waals surface area contributed by atoms with Crippen molar-refractivity contribution in [1.29, 1.82) is 0 Å². The van der Waals surface area contributed by atoms with E-state index in [4.69, 9.17) is 0 Å². The first-order valence-electron chi connectivity index (χ1n) is 10.1. The number of rotatable bonds is 9. The molecular formula is C22H25N5O4. The molecule has 31 heavy (non-hydrogen) atoms. The second kappa shape index (κ2) is 10.9. The van der Waals surface area contributed by atoms with Gasteiger partial charge >= 0.3 is 0 Å². The first-order chi connectivity index (χ1) is 15.0. The molecule has 0 spiro atoms. The van der Waals surface area contributed by atoms with E-state index in [1.54, 1.807) is 41.6 Å². The summed E-state index contributed by atoms with van der Waals surface area (Å²) in [5.74, 6) is -0.864. The van der Waals surface area contributed by atoms with Crippen LogP contribution in [-0.2, 0) is 20.9 Å². The van der Waals surface area contributed by atoms with Gasteiger partial charge in [0.05, 0.1) is 6.54 Å². The van der Waals surface area contributed by atoms with Gasteiger partial charge in [0, 0.05) is 56.1 Å². The molecule has 3 N–H and O–H groups in total. The minimum atomic E-state index is -0.385. The predicted molar refractivity (Wildman–Crippen MR) is 114 cm³/mol. The van der Waals surface area contributed by atoms with Gasteiger partial charge in [-0.3, -0.25) is 24.2 Å². The number of amides is 4. The van der Waals surface area contributed by atoms with E-state index in [9.17, 15) is 19.2 Å². The summed E-state index contributed by atoms with van der Waals surface area (Å²) >= 11 is 0. The summed E-state index contributed by atoms with van der Waals surface area (Å²) in [4.78, 5) is 53.3. The van der Waals surface area contributed by atoms with E-state index in [-0.39, 0.29) is 43.1 Å². The number of hydrogen-bond donors (Lipinski definition) is 3. The fourth-order valence-electron chi connectivity index (χ4n) is 3.14. The van der Waals surface area contributed by atoms with Crippen LogP contribution in [0.25, 0.3) is 0 Å².